The Hall–Kier alpha value is -4.08. The standard InChI is InChI=1S/C30H20Cl2FN5O3/c31-17-3-4-24(37-12-27(32)35-36-37)19(9-17)16-6-25-21-10-22(21)29(38(25)28(40)8-16)23-11-20(30(33)34-23)14-1-2-15-5-18(39)13-41-26(15)7-14/h1-4,6-9,12,21-22,29H,5,10-11,13H2/t21-,22+,29+/m1/s1. The van der Waals surface area contributed by atoms with Gasteiger partial charge in [-0.1, -0.05) is 40.5 Å². The maximum atomic E-state index is 15.3. The van der Waals surface area contributed by atoms with Crippen LogP contribution in [0.3, 0.4) is 0 Å². The Morgan fingerprint density at radius 2 is 1.88 bits per heavy atom. The number of aliphatic imine (C=N–C) groups is 1. The molecule has 2 aromatic heterocycles. The molecule has 2 aromatic carbocycles. The Morgan fingerprint density at radius 1 is 1.00 bits per heavy atom. The molecule has 5 heterocycles. The molecule has 204 valence electrons. The van der Waals surface area contributed by atoms with E-state index in [4.69, 9.17) is 27.9 Å². The van der Waals surface area contributed by atoms with Gasteiger partial charge in [0.15, 0.2) is 10.9 Å². The highest BCUT2D eigenvalue weighted by molar-refractivity contribution is 6.31. The lowest BCUT2D eigenvalue weighted by molar-refractivity contribution is -0.121. The van der Waals surface area contributed by atoms with Crippen LogP contribution in [-0.4, -0.2) is 37.7 Å². The van der Waals surface area contributed by atoms with Crippen molar-refractivity contribution < 1.29 is 13.9 Å². The number of hydrogen-bond acceptors (Lipinski definition) is 6. The van der Waals surface area contributed by atoms with E-state index in [1.54, 1.807) is 45.8 Å². The van der Waals surface area contributed by atoms with Gasteiger partial charge in [-0.2, -0.15) is 4.39 Å². The minimum atomic E-state index is -0.544. The minimum Gasteiger partial charge on any atom is -0.486 e. The highest BCUT2D eigenvalue weighted by Gasteiger charge is 2.55. The number of carbonyl (C=O) groups is 1. The van der Waals surface area contributed by atoms with Gasteiger partial charge in [-0.15, -0.1) is 5.10 Å². The molecule has 3 atom stereocenters. The molecular weight excluding hydrogens is 568 g/mol. The summed E-state index contributed by atoms with van der Waals surface area (Å²) in [6.45, 7) is 0.0236. The van der Waals surface area contributed by atoms with Crippen molar-refractivity contribution in [3.05, 3.63) is 98.0 Å². The van der Waals surface area contributed by atoms with Gasteiger partial charge in [-0.05, 0) is 53.8 Å². The summed E-state index contributed by atoms with van der Waals surface area (Å²) in [5, 5.41) is 8.72. The van der Waals surface area contributed by atoms with Gasteiger partial charge in [-0.25, -0.2) is 9.67 Å². The van der Waals surface area contributed by atoms with Crippen molar-refractivity contribution in [2.75, 3.05) is 6.61 Å². The number of carbonyl (C=O) groups excluding carboxylic acids is 1. The number of ether oxygens (including phenoxy) is 1. The molecule has 0 bridgehead atoms. The highest BCUT2D eigenvalue weighted by atomic mass is 35.5. The van der Waals surface area contributed by atoms with Gasteiger partial charge in [0.25, 0.3) is 5.56 Å². The zero-order chi connectivity index (χ0) is 28.0. The maximum absolute atomic E-state index is 15.3. The number of halogens is 3. The van der Waals surface area contributed by atoms with Crippen molar-refractivity contribution in [1.29, 1.82) is 0 Å². The Labute approximate surface area is 242 Å². The fourth-order valence-electron chi connectivity index (χ4n) is 6.45. The third-order valence-corrected chi connectivity index (χ3v) is 8.77. The topological polar surface area (TPSA) is 91.4 Å². The monoisotopic (exact) mass is 587 g/mol. The number of aromatic nitrogens is 4. The van der Waals surface area contributed by atoms with Gasteiger partial charge in [0.2, 0.25) is 5.95 Å². The van der Waals surface area contributed by atoms with Crippen LogP contribution < -0.4 is 10.3 Å². The Balaban J connectivity index is 1.13. The normalized spacial score (nSPS) is 22.3. The number of fused-ring (bicyclic) bond motifs is 4. The summed E-state index contributed by atoms with van der Waals surface area (Å²) in [5.74, 6) is 0.457. The van der Waals surface area contributed by atoms with Crippen molar-refractivity contribution in [3.63, 3.8) is 0 Å². The van der Waals surface area contributed by atoms with Crippen LogP contribution in [0.5, 0.6) is 5.75 Å². The SMILES string of the molecule is O=C1COc2cc(C3=C(F)N=C([C@@H]4[C@H]5C[C@H]5c5cc(-c6cc(Cl)ccc6-n6cc(Cl)nn6)cc(=O)n54)C3)ccc2C1. The molecule has 1 fully saturated rings. The minimum absolute atomic E-state index is 0.0176. The lowest BCUT2D eigenvalue weighted by Gasteiger charge is -2.20. The summed E-state index contributed by atoms with van der Waals surface area (Å²) >= 11 is 12.4. The third-order valence-electron chi connectivity index (χ3n) is 8.37. The van der Waals surface area contributed by atoms with E-state index in [-0.39, 0.29) is 41.0 Å². The number of nitrogens with zero attached hydrogens (tertiary/aromatic N) is 5. The van der Waals surface area contributed by atoms with Crippen LogP contribution in [0.1, 0.15) is 41.6 Å². The van der Waals surface area contributed by atoms with Crippen LogP contribution in [-0.2, 0) is 11.2 Å². The lowest BCUT2D eigenvalue weighted by Crippen LogP contribution is -2.29. The smallest absolute Gasteiger partial charge is 0.251 e. The summed E-state index contributed by atoms with van der Waals surface area (Å²) in [4.78, 5) is 29.7. The number of allylic oxidation sites excluding steroid dienone is 1. The van der Waals surface area contributed by atoms with Crippen LogP contribution in [0, 0.1) is 5.92 Å². The van der Waals surface area contributed by atoms with Crippen LogP contribution >= 0.6 is 23.2 Å². The zero-order valence-corrected chi connectivity index (χ0v) is 22.9. The zero-order valence-electron chi connectivity index (χ0n) is 21.4. The number of benzene rings is 2. The molecule has 0 saturated heterocycles. The number of Topliss-reactive ketones (excluding diaryl/α,β-unsaturated/α-hetero) is 1. The molecule has 1 saturated carbocycles. The molecule has 1 aliphatic carbocycles. The van der Waals surface area contributed by atoms with E-state index < -0.39 is 5.95 Å². The number of rotatable bonds is 4. The van der Waals surface area contributed by atoms with E-state index in [1.165, 1.54) is 0 Å². The molecule has 0 spiro atoms. The molecule has 41 heavy (non-hydrogen) atoms. The van der Waals surface area contributed by atoms with Crippen molar-refractivity contribution >= 4 is 40.3 Å². The average molecular weight is 588 g/mol. The molecule has 0 amide bonds. The predicted octanol–water partition coefficient (Wildman–Crippen LogP) is 5.75. The third kappa shape index (κ3) is 3.98. The van der Waals surface area contributed by atoms with Gasteiger partial charge in [0, 0.05) is 58.0 Å². The van der Waals surface area contributed by atoms with Gasteiger partial charge in [0.05, 0.1) is 17.9 Å². The van der Waals surface area contributed by atoms with Crippen molar-refractivity contribution in [1.82, 2.24) is 19.6 Å². The van der Waals surface area contributed by atoms with E-state index in [0.717, 1.165) is 23.2 Å². The van der Waals surface area contributed by atoms with Crippen LogP contribution in [0.2, 0.25) is 10.2 Å². The molecule has 0 unspecified atom stereocenters. The van der Waals surface area contributed by atoms with Gasteiger partial charge in [0.1, 0.15) is 12.4 Å². The highest BCUT2D eigenvalue weighted by Crippen LogP contribution is 2.60. The summed E-state index contributed by atoms with van der Waals surface area (Å²) < 4.78 is 24.2. The second-order valence-electron chi connectivity index (χ2n) is 10.9. The predicted molar refractivity (Wildman–Crippen MR) is 152 cm³/mol. The molecule has 4 aromatic rings. The Kier molecular flexibility index (Phi) is 5.40. The Morgan fingerprint density at radius 3 is 2.71 bits per heavy atom. The molecule has 8 rings (SSSR count). The van der Waals surface area contributed by atoms with E-state index in [0.29, 0.717) is 51.7 Å². The first kappa shape index (κ1) is 24.7. The van der Waals surface area contributed by atoms with E-state index in [2.05, 4.69) is 15.3 Å². The first-order valence-corrected chi connectivity index (χ1v) is 14.0. The first-order valence-electron chi connectivity index (χ1n) is 13.2. The first-order chi connectivity index (χ1) is 19.8. The van der Waals surface area contributed by atoms with E-state index in [1.807, 2.05) is 18.2 Å². The van der Waals surface area contributed by atoms with Crippen molar-refractivity contribution in [2.24, 2.45) is 10.9 Å². The fourth-order valence-corrected chi connectivity index (χ4v) is 6.75. The van der Waals surface area contributed by atoms with Crippen molar-refractivity contribution in [2.45, 2.75) is 31.2 Å². The average Bonchev–Trinajstić information content (AvgIpc) is 3.27. The molecule has 0 N–H and O–H groups in total. The number of pyridine rings is 1. The largest absolute Gasteiger partial charge is 0.486 e. The molecule has 0 radical (unpaired) electrons. The number of hydrogen-bond donors (Lipinski definition) is 0. The lowest BCUT2D eigenvalue weighted by atomic mass is 9.95. The second kappa shape index (κ2) is 8.96. The van der Waals surface area contributed by atoms with Crippen LogP contribution in [0.4, 0.5) is 4.39 Å². The Bertz CT molecular complexity index is 1940. The quantitative estimate of drug-likeness (QED) is 0.284. The van der Waals surface area contributed by atoms with Crippen LogP contribution in [0.25, 0.3) is 22.4 Å². The molecular formula is C30H20Cl2FN5O3. The van der Waals surface area contributed by atoms with E-state index in [9.17, 15) is 9.59 Å². The summed E-state index contributed by atoms with van der Waals surface area (Å²) in [6, 6.07) is 14.0. The molecule has 11 heteroatoms. The van der Waals surface area contributed by atoms with Crippen molar-refractivity contribution in [3.8, 4) is 22.6 Å². The maximum Gasteiger partial charge on any atom is 0.251 e. The van der Waals surface area contributed by atoms with Crippen LogP contribution in [0.15, 0.2) is 70.5 Å². The van der Waals surface area contributed by atoms with Gasteiger partial charge in [-0.3, -0.25) is 9.59 Å². The summed E-state index contributed by atoms with van der Waals surface area (Å²) in [7, 11) is 0. The summed E-state index contributed by atoms with van der Waals surface area (Å²) in [5.41, 5.74) is 5.44. The molecule has 3 aliphatic heterocycles. The number of ketones is 1. The van der Waals surface area contributed by atoms with E-state index >= 15 is 4.39 Å². The fraction of sp³-hybridized carbons (Fsp3) is 0.233. The molecule has 8 nitrogen and oxygen atoms in total. The van der Waals surface area contributed by atoms with Gasteiger partial charge < -0.3 is 9.30 Å². The van der Waals surface area contributed by atoms with Gasteiger partial charge >= 0.3 is 0 Å². The molecule has 4 aliphatic rings. The summed E-state index contributed by atoms with van der Waals surface area (Å²) in [6.07, 6.45) is 3.12. The second-order valence-corrected chi connectivity index (χ2v) is 11.7.